The van der Waals surface area contributed by atoms with Crippen molar-refractivity contribution >= 4 is 17.8 Å². The molecule has 0 unspecified atom stereocenters. The Morgan fingerprint density at radius 2 is 1.71 bits per heavy atom. The molecule has 0 aromatic heterocycles. The summed E-state index contributed by atoms with van der Waals surface area (Å²) in [6.07, 6.45) is 4.00. The summed E-state index contributed by atoms with van der Waals surface area (Å²) in [6.45, 7) is 2.30. The Bertz CT molecular complexity index is 1040. The van der Waals surface area contributed by atoms with Crippen LogP contribution in [0.25, 0.3) is 0 Å². The van der Waals surface area contributed by atoms with Crippen LogP contribution in [-0.4, -0.2) is 25.2 Å². The van der Waals surface area contributed by atoms with Crippen molar-refractivity contribution in [2.24, 2.45) is 5.10 Å². The average molecular weight is 417 g/mol. The predicted molar refractivity (Wildman–Crippen MR) is 120 cm³/mol. The number of amides is 1. The van der Waals surface area contributed by atoms with E-state index in [9.17, 15) is 9.18 Å². The van der Waals surface area contributed by atoms with Crippen LogP contribution in [0.2, 0.25) is 0 Å². The van der Waals surface area contributed by atoms with E-state index in [4.69, 9.17) is 4.74 Å². The summed E-state index contributed by atoms with van der Waals surface area (Å²) in [5, 5.41) is 4.03. The molecule has 3 aromatic rings. The Hall–Kier alpha value is -3.67. The number of hydrazone groups is 1. The molecule has 158 valence electrons. The fourth-order valence-electron chi connectivity index (χ4n) is 3.46. The normalized spacial score (nSPS) is 13.5. The first kappa shape index (κ1) is 20.6. The zero-order valence-corrected chi connectivity index (χ0v) is 17.1. The van der Waals surface area contributed by atoms with Crippen LogP contribution in [-0.2, 0) is 6.61 Å². The lowest BCUT2D eigenvalue weighted by molar-refractivity contribution is 0.0955. The first-order chi connectivity index (χ1) is 15.2. The van der Waals surface area contributed by atoms with Crippen LogP contribution >= 0.6 is 0 Å². The molecule has 0 saturated carbocycles. The maximum atomic E-state index is 13.6. The second kappa shape index (κ2) is 9.89. The molecule has 0 aliphatic carbocycles. The van der Waals surface area contributed by atoms with Crippen LogP contribution in [0.1, 0.15) is 34.3 Å². The van der Waals surface area contributed by atoms with Gasteiger partial charge in [0.2, 0.25) is 0 Å². The topological polar surface area (TPSA) is 53.9 Å². The van der Waals surface area contributed by atoms with Gasteiger partial charge in [-0.2, -0.15) is 5.10 Å². The molecule has 1 aliphatic heterocycles. The van der Waals surface area contributed by atoms with Gasteiger partial charge < -0.3 is 9.64 Å². The summed E-state index contributed by atoms with van der Waals surface area (Å²) in [5.74, 6) is 0.0873. The molecule has 3 aromatic carbocycles. The van der Waals surface area contributed by atoms with E-state index in [-0.39, 0.29) is 18.3 Å². The Labute approximate surface area is 181 Å². The molecule has 0 radical (unpaired) electrons. The zero-order chi connectivity index (χ0) is 21.5. The lowest BCUT2D eigenvalue weighted by Gasteiger charge is -2.17. The number of benzene rings is 3. The van der Waals surface area contributed by atoms with Crippen LogP contribution in [0.15, 0.2) is 77.9 Å². The van der Waals surface area contributed by atoms with Gasteiger partial charge in [0.1, 0.15) is 18.2 Å². The summed E-state index contributed by atoms with van der Waals surface area (Å²) >= 11 is 0. The molecule has 5 nitrogen and oxygen atoms in total. The van der Waals surface area contributed by atoms with Gasteiger partial charge in [-0.1, -0.05) is 18.2 Å². The number of anilines is 1. The van der Waals surface area contributed by atoms with E-state index in [2.05, 4.69) is 15.4 Å². The molecule has 1 heterocycles. The molecule has 1 saturated heterocycles. The Kier molecular flexibility index (Phi) is 6.57. The van der Waals surface area contributed by atoms with Crippen molar-refractivity contribution in [3.05, 3.63) is 95.3 Å². The Morgan fingerprint density at radius 1 is 1.00 bits per heavy atom. The molecule has 0 atom stereocenters. The van der Waals surface area contributed by atoms with Gasteiger partial charge in [-0.25, -0.2) is 9.82 Å². The smallest absolute Gasteiger partial charge is 0.271 e. The summed E-state index contributed by atoms with van der Waals surface area (Å²) < 4.78 is 19.3. The van der Waals surface area contributed by atoms with Crippen LogP contribution in [0.4, 0.5) is 10.1 Å². The van der Waals surface area contributed by atoms with E-state index in [1.807, 2.05) is 36.4 Å². The predicted octanol–water partition coefficient (Wildman–Crippen LogP) is 4.77. The van der Waals surface area contributed by atoms with Gasteiger partial charge >= 0.3 is 0 Å². The lowest BCUT2D eigenvalue weighted by atomic mass is 10.2. The molecule has 1 aliphatic rings. The third kappa shape index (κ3) is 5.48. The molecule has 1 N–H and O–H groups in total. The fourth-order valence-corrected chi connectivity index (χ4v) is 3.46. The highest BCUT2D eigenvalue weighted by Gasteiger charge is 2.12. The van der Waals surface area contributed by atoms with E-state index in [0.717, 1.165) is 24.3 Å². The van der Waals surface area contributed by atoms with E-state index in [1.54, 1.807) is 36.5 Å². The highest BCUT2D eigenvalue weighted by molar-refractivity contribution is 5.95. The van der Waals surface area contributed by atoms with E-state index in [0.29, 0.717) is 16.9 Å². The van der Waals surface area contributed by atoms with Crippen LogP contribution in [0.5, 0.6) is 5.75 Å². The van der Waals surface area contributed by atoms with Crippen molar-refractivity contribution < 1.29 is 13.9 Å². The van der Waals surface area contributed by atoms with Crippen molar-refractivity contribution in [3.8, 4) is 5.75 Å². The summed E-state index contributed by atoms with van der Waals surface area (Å²) in [5.41, 5.74) is 5.57. The van der Waals surface area contributed by atoms with Gasteiger partial charge in [-0.15, -0.1) is 0 Å². The van der Waals surface area contributed by atoms with Crippen LogP contribution in [0.3, 0.4) is 0 Å². The summed E-state index contributed by atoms with van der Waals surface area (Å²) in [7, 11) is 0. The monoisotopic (exact) mass is 417 g/mol. The van der Waals surface area contributed by atoms with E-state index >= 15 is 0 Å². The zero-order valence-electron chi connectivity index (χ0n) is 17.1. The second-order valence-electron chi connectivity index (χ2n) is 7.39. The number of nitrogens with one attached hydrogen (secondary N) is 1. The van der Waals surface area contributed by atoms with Crippen molar-refractivity contribution in [3.63, 3.8) is 0 Å². The van der Waals surface area contributed by atoms with Gasteiger partial charge in [-0.05, 0) is 73.0 Å². The largest absolute Gasteiger partial charge is 0.489 e. The molecule has 31 heavy (non-hydrogen) atoms. The summed E-state index contributed by atoms with van der Waals surface area (Å²) in [4.78, 5) is 14.6. The molecule has 1 fully saturated rings. The SMILES string of the molecule is O=C(N/N=C\c1ccc(OCc2ccccc2F)cc1)c1ccc(N2CCCC2)cc1. The number of rotatable bonds is 7. The van der Waals surface area contributed by atoms with Crippen molar-refractivity contribution in [2.75, 3.05) is 18.0 Å². The molecule has 0 bridgehead atoms. The van der Waals surface area contributed by atoms with Crippen molar-refractivity contribution in [1.29, 1.82) is 0 Å². The standard InChI is InChI=1S/C25H24FN3O2/c26-24-6-2-1-5-21(24)18-31-23-13-7-19(8-14-23)17-27-28-25(30)20-9-11-22(12-10-20)29-15-3-4-16-29/h1-2,5-14,17H,3-4,15-16,18H2,(H,28,30)/b27-17-. The Morgan fingerprint density at radius 3 is 2.42 bits per heavy atom. The molecule has 4 rings (SSSR count). The molecular formula is C25H24FN3O2. The van der Waals surface area contributed by atoms with E-state index < -0.39 is 0 Å². The fraction of sp³-hybridized carbons (Fsp3) is 0.200. The number of halogens is 1. The minimum absolute atomic E-state index is 0.159. The maximum absolute atomic E-state index is 13.6. The highest BCUT2D eigenvalue weighted by atomic mass is 19.1. The van der Waals surface area contributed by atoms with Gasteiger partial charge in [-0.3, -0.25) is 4.79 Å². The number of carbonyl (C=O) groups is 1. The molecular weight excluding hydrogens is 393 g/mol. The number of nitrogens with zero attached hydrogens (tertiary/aromatic N) is 2. The number of hydrogen-bond acceptors (Lipinski definition) is 4. The number of hydrogen-bond donors (Lipinski definition) is 1. The van der Waals surface area contributed by atoms with Crippen LogP contribution < -0.4 is 15.1 Å². The molecule has 6 heteroatoms. The van der Waals surface area contributed by atoms with Gasteiger partial charge in [0.25, 0.3) is 5.91 Å². The van der Waals surface area contributed by atoms with Crippen molar-refractivity contribution in [1.82, 2.24) is 5.43 Å². The first-order valence-electron chi connectivity index (χ1n) is 10.3. The van der Waals surface area contributed by atoms with E-state index in [1.165, 1.54) is 18.9 Å². The molecule has 1 amide bonds. The van der Waals surface area contributed by atoms with Gasteiger partial charge in [0.05, 0.1) is 6.21 Å². The minimum Gasteiger partial charge on any atom is -0.489 e. The second-order valence-corrected chi connectivity index (χ2v) is 7.39. The minimum atomic E-state index is -0.285. The average Bonchev–Trinajstić information content (AvgIpc) is 3.34. The third-order valence-corrected chi connectivity index (χ3v) is 5.21. The number of carbonyl (C=O) groups excluding carboxylic acids is 1. The molecule has 0 spiro atoms. The number of ether oxygens (including phenoxy) is 1. The lowest BCUT2D eigenvalue weighted by Crippen LogP contribution is -2.19. The van der Waals surface area contributed by atoms with Crippen molar-refractivity contribution in [2.45, 2.75) is 19.4 Å². The Balaban J connectivity index is 1.27. The summed E-state index contributed by atoms with van der Waals surface area (Å²) in [6, 6.07) is 21.3. The van der Waals surface area contributed by atoms with Gasteiger partial charge in [0.15, 0.2) is 0 Å². The highest BCUT2D eigenvalue weighted by Crippen LogP contribution is 2.20. The van der Waals surface area contributed by atoms with Crippen LogP contribution in [0, 0.1) is 5.82 Å². The van der Waals surface area contributed by atoms with Gasteiger partial charge in [0, 0.05) is 29.9 Å². The maximum Gasteiger partial charge on any atom is 0.271 e. The quantitative estimate of drug-likeness (QED) is 0.445. The third-order valence-electron chi connectivity index (χ3n) is 5.21. The first-order valence-corrected chi connectivity index (χ1v) is 10.3.